The Morgan fingerprint density at radius 1 is 1.12 bits per heavy atom. The Labute approximate surface area is 145 Å². The molecule has 1 heterocycles. The maximum Gasteiger partial charge on any atom is 0.335 e. The molecule has 0 unspecified atom stereocenters. The fourth-order valence-corrected chi connectivity index (χ4v) is 2.90. The third-order valence-corrected chi connectivity index (χ3v) is 4.39. The molecule has 0 amide bonds. The highest BCUT2D eigenvalue weighted by Gasteiger charge is 2.14. The van der Waals surface area contributed by atoms with E-state index in [-0.39, 0.29) is 11.4 Å². The SMILES string of the molecule is Cc1nn(Cc2ccccc2F)c(C)c1Cc1ccc(C(=O)O)cc1. The van der Waals surface area contributed by atoms with Crippen molar-refractivity contribution < 1.29 is 14.3 Å². The highest BCUT2D eigenvalue weighted by atomic mass is 19.1. The van der Waals surface area contributed by atoms with E-state index in [1.165, 1.54) is 6.07 Å². The van der Waals surface area contributed by atoms with Gasteiger partial charge in [-0.1, -0.05) is 30.3 Å². The van der Waals surface area contributed by atoms with Crippen molar-refractivity contribution in [2.24, 2.45) is 0 Å². The molecule has 0 aliphatic heterocycles. The summed E-state index contributed by atoms with van der Waals surface area (Å²) in [5.74, 6) is -1.17. The van der Waals surface area contributed by atoms with Crippen molar-refractivity contribution in [3.8, 4) is 0 Å². The lowest BCUT2D eigenvalue weighted by Crippen LogP contribution is -2.06. The summed E-state index contributed by atoms with van der Waals surface area (Å²) < 4.78 is 15.7. The van der Waals surface area contributed by atoms with E-state index in [4.69, 9.17) is 5.11 Å². The van der Waals surface area contributed by atoms with E-state index in [0.717, 1.165) is 22.5 Å². The number of carbonyl (C=O) groups is 1. The first-order valence-electron chi connectivity index (χ1n) is 8.04. The Hall–Kier alpha value is -2.95. The van der Waals surface area contributed by atoms with Crippen LogP contribution in [0.4, 0.5) is 4.39 Å². The molecule has 25 heavy (non-hydrogen) atoms. The molecule has 3 rings (SSSR count). The van der Waals surface area contributed by atoms with E-state index >= 15 is 0 Å². The van der Waals surface area contributed by atoms with Gasteiger partial charge in [0.25, 0.3) is 0 Å². The number of rotatable bonds is 5. The number of carboxylic acids is 1. The van der Waals surface area contributed by atoms with Crippen LogP contribution in [0.15, 0.2) is 48.5 Å². The maximum atomic E-state index is 13.9. The minimum Gasteiger partial charge on any atom is -0.478 e. The van der Waals surface area contributed by atoms with Crippen LogP contribution in [-0.4, -0.2) is 20.9 Å². The largest absolute Gasteiger partial charge is 0.478 e. The Morgan fingerprint density at radius 3 is 2.44 bits per heavy atom. The van der Waals surface area contributed by atoms with Crippen molar-refractivity contribution in [3.63, 3.8) is 0 Å². The topological polar surface area (TPSA) is 55.1 Å². The molecule has 0 saturated heterocycles. The summed E-state index contributed by atoms with van der Waals surface area (Å²) in [6, 6.07) is 13.5. The molecular weight excluding hydrogens is 319 g/mol. The summed E-state index contributed by atoms with van der Waals surface area (Å²) in [6.45, 7) is 4.30. The predicted molar refractivity (Wildman–Crippen MR) is 93.4 cm³/mol. The van der Waals surface area contributed by atoms with Gasteiger partial charge < -0.3 is 5.11 Å². The van der Waals surface area contributed by atoms with E-state index in [1.54, 1.807) is 24.3 Å². The summed E-state index contributed by atoms with van der Waals surface area (Å²) in [5.41, 5.74) is 4.86. The van der Waals surface area contributed by atoms with Crippen LogP contribution in [-0.2, 0) is 13.0 Å². The molecule has 0 fully saturated rings. The lowest BCUT2D eigenvalue weighted by molar-refractivity contribution is 0.0697. The highest BCUT2D eigenvalue weighted by Crippen LogP contribution is 2.20. The van der Waals surface area contributed by atoms with Gasteiger partial charge in [0.15, 0.2) is 0 Å². The van der Waals surface area contributed by atoms with Crippen molar-refractivity contribution in [2.75, 3.05) is 0 Å². The van der Waals surface area contributed by atoms with Gasteiger partial charge in [-0.25, -0.2) is 9.18 Å². The zero-order chi connectivity index (χ0) is 18.0. The first-order chi connectivity index (χ1) is 12.0. The van der Waals surface area contributed by atoms with Crippen LogP contribution in [0.25, 0.3) is 0 Å². The third-order valence-electron chi connectivity index (χ3n) is 4.39. The van der Waals surface area contributed by atoms with Gasteiger partial charge in [0.05, 0.1) is 17.8 Å². The Balaban J connectivity index is 1.84. The quantitative estimate of drug-likeness (QED) is 0.766. The summed E-state index contributed by atoms with van der Waals surface area (Å²) >= 11 is 0. The number of halogens is 1. The van der Waals surface area contributed by atoms with Crippen molar-refractivity contribution in [1.82, 2.24) is 9.78 Å². The maximum absolute atomic E-state index is 13.9. The Kier molecular flexibility index (Phi) is 4.65. The van der Waals surface area contributed by atoms with Gasteiger partial charge in [0, 0.05) is 23.2 Å². The van der Waals surface area contributed by atoms with Crippen molar-refractivity contribution >= 4 is 5.97 Å². The molecular formula is C20H19FN2O2. The number of aromatic nitrogens is 2. The summed E-state index contributed by atoms with van der Waals surface area (Å²) in [6.07, 6.45) is 0.662. The molecule has 0 aliphatic rings. The summed E-state index contributed by atoms with van der Waals surface area (Å²) in [7, 11) is 0. The van der Waals surface area contributed by atoms with Crippen LogP contribution in [0, 0.1) is 19.7 Å². The molecule has 1 N–H and O–H groups in total. The Bertz CT molecular complexity index is 914. The van der Waals surface area contributed by atoms with E-state index in [9.17, 15) is 9.18 Å². The molecule has 4 nitrogen and oxygen atoms in total. The van der Waals surface area contributed by atoms with E-state index in [2.05, 4.69) is 5.10 Å². The smallest absolute Gasteiger partial charge is 0.335 e. The minimum absolute atomic E-state index is 0.235. The number of carboxylic acid groups (broad SMARTS) is 1. The second kappa shape index (κ2) is 6.89. The molecule has 0 saturated carbocycles. The molecule has 0 radical (unpaired) electrons. The third kappa shape index (κ3) is 3.60. The van der Waals surface area contributed by atoms with Gasteiger partial charge in [-0.05, 0) is 37.6 Å². The number of nitrogens with zero attached hydrogens (tertiary/aromatic N) is 2. The standard InChI is InChI=1S/C20H19FN2O2/c1-13-18(11-15-7-9-16(10-8-15)20(24)25)14(2)23(22-13)12-17-5-3-4-6-19(17)21/h3-10H,11-12H2,1-2H3,(H,24,25). The average molecular weight is 338 g/mol. The predicted octanol–water partition coefficient (Wildman–Crippen LogP) is 3.98. The van der Waals surface area contributed by atoms with E-state index in [0.29, 0.717) is 18.5 Å². The molecule has 5 heteroatoms. The number of aryl methyl sites for hydroxylation is 1. The van der Waals surface area contributed by atoms with Crippen molar-refractivity contribution in [2.45, 2.75) is 26.8 Å². The van der Waals surface area contributed by atoms with Gasteiger partial charge in [0.1, 0.15) is 5.82 Å². The number of hydrogen-bond donors (Lipinski definition) is 1. The van der Waals surface area contributed by atoms with Crippen LogP contribution in [0.3, 0.4) is 0 Å². The Morgan fingerprint density at radius 2 is 1.80 bits per heavy atom. The second-order valence-electron chi connectivity index (χ2n) is 6.08. The molecule has 1 aromatic heterocycles. The lowest BCUT2D eigenvalue weighted by Gasteiger charge is -2.07. The molecule has 0 bridgehead atoms. The molecule has 0 aliphatic carbocycles. The zero-order valence-electron chi connectivity index (χ0n) is 14.2. The van der Waals surface area contributed by atoms with E-state index in [1.807, 2.05) is 36.7 Å². The number of hydrogen-bond acceptors (Lipinski definition) is 2. The molecule has 3 aromatic rings. The average Bonchev–Trinajstić information content (AvgIpc) is 2.85. The van der Waals surface area contributed by atoms with Gasteiger partial charge in [-0.3, -0.25) is 4.68 Å². The fourth-order valence-electron chi connectivity index (χ4n) is 2.90. The van der Waals surface area contributed by atoms with E-state index < -0.39 is 5.97 Å². The lowest BCUT2D eigenvalue weighted by atomic mass is 10.0. The number of aromatic carboxylic acids is 1. The first-order valence-corrected chi connectivity index (χ1v) is 8.04. The van der Waals surface area contributed by atoms with Gasteiger partial charge >= 0.3 is 5.97 Å². The van der Waals surface area contributed by atoms with Crippen LogP contribution in [0.1, 0.15) is 38.4 Å². The molecule has 128 valence electrons. The molecule has 2 aromatic carbocycles. The van der Waals surface area contributed by atoms with Crippen LogP contribution in [0.2, 0.25) is 0 Å². The second-order valence-corrected chi connectivity index (χ2v) is 6.08. The van der Waals surface area contributed by atoms with Gasteiger partial charge in [0.2, 0.25) is 0 Å². The normalized spacial score (nSPS) is 10.8. The van der Waals surface area contributed by atoms with Gasteiger partial charge in [-0.15, -0.1) is 0 Å². The molecule has 0 atom stereocenters. The highest BCUT2D eigenvalue weighted by molar-refractivity contribution is 5.87. The summed E-state index contributed by atoms with van der Waals surface area (Å²) in [5, 5.41) is 13.5. The fraction of sp³-hybridized carbons (Fsp3) is 0.200. The van der Waals surface area contributed by atoms with Crippen molar-refractivity contribution in [1.29, 1.82) is 0 Å². The number of benzene rings is 2. The van der Waals surface area contributed by atoms with Crippen molar-refractivity contribution in [3.05, 3.63) is 88.0 Å². The zero-order valence-corrected chi connectivity index (χ0v) is 14.2. The minimum atomic E-state index is -0.934. The summed E-state index contributed by atoms with van der Waals surface area (Å²) in [4.78, 5) is 10.9. The van der Waals surface area contributed by atoms with Crippen LogP contribution in [0.5, 0.6) is 0 Å². The van der Waals surface area contributed by atoms with Gasteiger partial charge in [-0.2, -0.15) is 5.10 Å². The molecule has 0 spiro atoms. The van der Waals surface area contributed by atoms with Crippen LogP contribution < -0.4 is 0 Å². The van der Waals surface area contributed by atoms with Crippen LogP contribution >= 0.6 is 0 Å². The first kappa shape index (κ1) is 16.9. The monoisotopic (exact) mass is 338 g/mol.